The molecule has 0 saturated carbocycles. The van der Waals surface area contributed by atoms with Gasteiger partial charge in [-0.1, -0.05) is 56.2 Å². The van der Waals surface area contributed by atoms with Gasteiger partial charge in [-0.3, -0.25) is 4.79 Å². The van der Waals surface area contributed by atoms with Crippen LogP contribution in [0, 0.1) is 5.92 Å². The van der Waals surface area contributed by atoms with Crippen LogP contribution in [0.15, 0.2) is 35.4 Å². The van der Waals surface area contributed by atoms with Gasteiger partial charge in [0.25, 0.3) is 0 Å². The Morgan fingerprint density at radius 1 is 1.38 bits per heavy atom. The second-order valence-corrected chi connectivity index (χ2v) is 14.4. The molecule has 0 radical (unpaired) electrons. The highest BCUT2D eigenvalue weighted by Gasteiger charge is 2.43. The highest BCUT2D eigenvalue weighted by molar-refractivity contribution is 6.74. The monoisotopic (exact) mass is 462 g/mol. The molecule has 0 unspecified atom stereocenters. The number of azide groups is 1. The van der Waals surface area contributed by atoms with Crippen molar-refractivity contribution in [1.82, 2.24) is 4.90 Å². The molecular weight excluding hydrogens is 428 g/mol. The number of carbonyl (C=O) groups is 2. The van der Waals surface area contributed by atoms with E-state index >= 15 is 0 Å². The number of benzene rings is 1. The maximum atomic E-state index is 13.3. The van der Waals surface area contributed by atoms with Crippen molar-refractivity contribution in [2.24, 2.45) is 11.0 Å². The van der Waals surface area contributed by atoms with Crippen molar-refractivity contribution in [3.63, 3.8) is 0 Å². The summed E-state index contributed by atoms with van der Waals surface area (Å²) in [7, 11) is -2.22. The summed E-state index contributed by atoms with van der Waals surface area (Å²) in [5.41, 5.74) is 9.77. The molecule has 176 valence electrons. The quantitative estimate of drug-likeness (QED) is 0.240. The lowest BCUT2D eigenvalue weighted by Gasteiger charge is -2.39. The number of aliphatic hydroxyl groups excluding tert-OH is 1. The van der Waals surface area contributed by atoms with Crippen molar-refractivity contribution in [2.75, 3.05) is 19.8 Å². The first-order valence-corrected chi connectivity index (χ1v) is 13.7. The van der Waals surface area contributed by atoms with Crippen LogP contribution in [0.25, 0.3) is 10.4 Å². The molecular formula is C22H34N4O5Si. The molecule has 2 rings (SSSR count). The van der Waals surface area contributed by atoms with Crippen molar-refractivity contribution >= 4 is 20.3 Å². The van der Waals surface area contributed by atoms with Crippen LogP contribution in [0.4, 0.5) is 4.79 Å². The molecule has 3 atom stereocenters. The Morgan fingerprint density at radius 2 is 2.03 bits per heavy atom. The van der Waals surface area contributed by atoms with Crippen molar-refractivity contribution < 1.29 is 23.9 Å². The first-order valence-electron chi connectivity index (χ1n) is 10.8. The number of rotatable bonds is 10. The number of cyclic esters (lactones) is 1. The lowest BCUT2D eigenvalue weighted by molar-refractivity contribution is -0.135. The first-order chi connectivity index (χ1) is 15.0. The normalized spacial score (nSPS) is 18.6. The summed E-state index contributed by atoms with van der Waals surface area (Å²) in [5.74, 6) is -1.37. The van der Waals surface area contributed by atoms with Crippen LogP contribution < -0.4 is 0 Å². The van der Waals surface area contributed by atoms with Gasteiger partial charge in [0, 0.05) is 4.91 Å². The number of carbonyl (C=O) groups excluding carboxylic acids is 2. The standard InChI is InChI=1S/C22H34N4O5Si/c1-22(2,3)32(4,5)31-19(13-24-25-23)12-17(14-27)20(28)26-18(15-30-21(26)29)11-16-9-7-6-8-10-16/h6-10,17-19,27H,11-15H2,1-5H3/t17-,18+,19+/m1/s1. The van der Waals surface area contributed by atoms with Gasteiger partial charge in [-0.05, 0) is 42.1 Å². The van der Waals surface area contributed by atoms with E-state index in [4.69, 9.17) is 14.7 Å². The fourth-order valence-corrected chi connectivity index (χ4v) is 4.77. The van der Waals surface area contributed by atoms with Crippen molar-refractivity contribution in [1.29, 1.82) is 0 Å². The third-order valence-electron chi connectivity index (χ3n) is 6.25. The van der Waals surface area contributed by atoms with Crippen LogP contribution >= 0.6 is 0 Å². The number of hydrogen-bond donors (Lipinski definition) is 1. The molecule has 0 bridgehead atoms. The third kappa shape index (κ3) is 6.55. The Kier molecular flexibility index (Phi) is 8.86. The maximum Gasteiger partial charge on any atom is 0.416 e. The van der Waals surface area contributed by atoms with Gasteiger partial charge in [0.05, 0.1) is 31.2 Å². The second kappa shape index (κ2) is 11.0. The van der Waals surface area contributed by atoms with E-state index < -0.39 is 45.0 Å². The molecule has 1 heterocycles. The smallest absolute Gasteiger partial charge is 0.416 e. The lowest BCUT2D eigenvalue weighted by Crippen LogP contribution is -2.48. The summed E-state index contributed by atoms with van der Waals surface area (Å²) in [4.78, 5) is 29.6. The number of amides is 2. The zero-order chi connectivity index (χ0) is 23.9. The Bertz CT molecular complexity index is 836. The molecule has 1 aromatic rings. The summed E-state index contributed by atoms with van der Waals surface area (Å²) >= 11 is 0. The molecule has 1 saturated heterocycles. The number of nitrogens with zero attached hydrogens (tertiary/aromatic N) is 4. The SMILES string of the molecule is CC(C)(C)[Si](C)(C)O[C@H](CN=[N+]=[N-])C[C@H](CO)C(=O)N1C(=O)OC[C@@H]1Cc1ccccc1. The minimum absolute atomic E-state index is 0.0463. The fourth-order valence-electron chi connectivity index (χ4n) is 3.42. The minimum Gasteiger partial charge on any atom is -0.447 e. The van der Waals surface area contributed by atoms with Crippen molar-refractivity contribution in [3.05, 3.63) is 46.3 Å². The zero-order valence-corrected chi connectivity index (χ0v) is 20.5. The molecule has 0 aromatic heterocycles. The van der Waals surface area contributed by atoms with Crippen LogP contribution in [0.3, 0.4) is 0 Å². The van der Waals surface area contributed by atoms with Crippen molar-refractivity contribution in [3.8, 4) is 0 Å². The van der Waals surface area contributed by atoms with Gasteiger partial charge in [-0.2, -0.15) is 0 Å². The number of aliphatic hydroxyl groups is 1. The Labute approximate surface area is 190 Å². The number of imide groups is 1. The molecule has 1 aromatic carbocycles. The van der Waals surface area contributed by atoms with Crippen molar-refractivity contribution in [2.45, 2.75) is 63.9 Å². The molecule has 0 aliphatic carbocycles. The highest BCUT2D eigenvalue weighted by Crippen LogP contribution is 2.38. The van der Waals surface area contributed by atoms with E-state index in [0.29, 0.717) is 6.42 Å². The molecule has 1 aliphatic heterocycles. The molecule has 1 fully saturated rings. The van der Waals surface area contributed by atoms with E-state index in [1.54, 1.807) is 0 Å². The van der Waals surface area contributed by atoms with Gasteiger partial charge in [0.2, 0.25) is 5.91 Å². The van der Waals surface area contributed by atoms with E-state index in [-0.39, 0.29) is 24.6 Å². The number of hydrogen-bond acceptors (Lipinski definition) is 6. The van der Waals surface area contributed by atoms with E-state index in [1.807, 2.05) is 30.3 Å². The largest absolute Gasteiger partial charge is 0.447 e. The van der Waals surface area contributed by atoms with E-state index in [1.165, 1.54) is 0 Å². The minimum atomic E-state index is -2.22. The average molecular weight is 463 g/mol. The van der Waals surface area contributed by atoms with E-state index in [9.17, 15) is 14.7 Å². The van der Waals surface area contributed by atoms with Gasteiger partial charge in [-0.25, -0.2) is 9.69 Å². The summed E-state index contributed by atoms with van der Waals surface area (Å²) in [6.45, 7) is 10.1. The Morgan fingerprint density at radius 3 is 2.59 bits per heavy atom. The van der Waals surface area contributed by atoms with Gasteiger partial charge in [0.1, 0.15) is 6.61 Å². The fraction of sp³-hybridized carbons (Fsp3) is 0.636. The Balaban J connectivity index is 2.18. The average Bonchev–Trinajstić information content (AvgIpc) is 3.09. The highest BCUT2D eigenvalue weighted by atomic mass is 28.4. The van der Waals surface area contributed by atoms with Gasteiger partial charge < -0.3 is 14.3 Å². The zero-order valence-electron chi connectivity index (χ0n) is 19.5. The van der Waals surface area contributed by atoms with Crippen LogP contribution in [0.2, 0.25) is 18.1 Å². The van der Waals surface area contributed by atoms with Crippen LogP contribution in [-0.2, 0) is 20.4 Å². The van der Waals surface area contributed by atoms with Crippen LogP contribution in [0.5, 0.6) is 0 Å². The maximum absolute atomic E-state index is 13.3. The molecule has 10 heteroatoms. The van der Waals surface area contributed by atoms with E-state index in [2.05, 4.69) is 43.9 Å². The first kappa shape index (κ1) is 25.9. The molecule has 0 spiro atoms. The van der Waals surface area contributed by atoms with E-state index in [0.717, 1.165) is 10.5 Å². The number of ether oxygens (including phenoxy) is 1. The summed E-state index contributed by atoms with van der Waals surface area (Å²) < 4.78 is 11.5. The van der Waals surface area contributed by atoms with Crippen LogP contribution in [0.1, 0.15) is 32.8 Å². The predicted molar refractivity (Wildman–Crippen MR) is 123 cm³/mol. The van der Waals surface area contributed by atoms with Gasteiger partial charge in [-0.15, -0.1) is 0 Å². The second-order valence-electron chi connectivity index (χ2n) is 9.66. The van der Waals surface area contributed by atoms with Gasteiger partial charge in [0.15, 0.2) is 8.32 Å². The summed E-state index contributed by atoms with van der Waals surface area (Å²) in [6.07, 6.45) is -0.632. The van der Waals surface area contributed by atoms with Gasteiger partial charge >= 0.3 is 6.09 Å². The third-order valence-corrected chi connectivity index (χ3v) is 10.8. The Hall–Kier alpha value is -2.39. The summed E-state index contributed by atoms with van der Waals surface area (Å²) in [5, 5.41) is 13.6. The predicted octanol–water partition coefficient (Wildman–Crippen LogP) is 4.28. The molecule has 2 amide bonds. The molecule has 32 heavy (non-hydrogen) atoms. The topological polar surface area (TPSA) is 125 Å². The van der Waals surface area contributed by atoms with Crippen LogP contribution in [-0.4, -0.2) is 62.2 Å². The summed E-state index contributed by atoms with van der Waals surface area (Å²) in [6, 6.07) is 9.11. The molecule has 9 nitrogen and oxygen atoms in total. The molecule has 1 N–H and O–H groups in total. The molecule has 1 aliphatic rings. The lowest BCUT2D eigenvalue weighted by atomic mass is 9.99.